The predicted molar refractivity (Wildman–Crippen MR) is 205 cm³/mol. The van der Waals surface area contributed by atoms with Crippen LogP contribution in [0.5, 0.6) is 0 Å². The molecule has 10 aromatic rings. The number of hydrogen-bond donors (Lipinski definition) is 2. The van der Waals surface area contributed by atoms with Crippen molar-refractivity contribution in [3.63, 3.8) is 0 Å². The lowest BCUT2D eigenvalue weighted by atomic mass is 9.79. The average Bonchev–Trinajstić information content (AvgIpc) is 4.10. The van der Waals surface area contributed by atoms with E-state index in [1.807, 2.05) is 60.7 Å². The number of allylic oxidation sites excluding steroid dienone is 1. The summed E-state index contributed by atoms with van der Waals surface area (Å²) in [5.41, 5.74) is 10.9. The number of para-hydroxylation sites is 1. The second-order valence-electron chi connectivity index (χ2n) is 12.9. The first-order valence-corrected chi connectivity index (χ1v) is 17.6. The van der Waals surface area contributed by atoms with Crippen LogP contribution in [0.25, 0.3) is 78.4 Å². The lowest BCUT2D eigenvalue weighted by Crippen LogP contribution is -2.11. The monoisotopic (exact) mass is 728 g/mol. The summed E-state index contributed by atoms with van der Waals surface area (Å²) >= 11 is 0. The van der Waals surface area contributed by atoms with Crippen LogP contribution in [0.2, 0.25) is 0 Å². The molecule has 0 saturated heterocycles. The van der Waals surface area contributed by atoms with Crippen LogP contribution in [0.4, 0.5) is 0 Å². The van der Waals surface area contributed by atoms with Gasteiger partial charge >= 0.3 is 0 Å². The quantitative estimate of drug-likeness (QED) is 0.175. The van der Waals surface area contributed by atoms with Crippen LogP contribution >= 0.6 is 0 Å². The van der Waals surface area contributed by atoms with E-state index in [1.54, 1.807) is 68.2 Å². The molecule has 15 nitrogen and oxygen atoms in total. The first-order chi connectivity index (χ1) is 27.8. The van der Waals surface area contributed by atoms with Crippen LogP contribution in [-0.4, -0.2) is 70.4 Å². The van der Waals surface area contributed by atoms with Crippen LogP contribution in [0, 0.1) is 0 Å². The number of aromatic amines is 2. The summed E-state index contributed by atoms with van der Waals surface area (Å²) < 4.78 is 5.61. The van der Waals surface area contributed by atoms with E-state index in [0.717, 1.165) is 33.2 Å². The van der Waals surface area contributed by atoms with Crippen molar-refractivity contribution in [3.05, 3.63) is 157 Å². The van der Waals surface area contributed by atoms with Gasteiger partial charge in [-0.2, -0.15) is 15.3 Å². The third kappa shape index (κ3) is 4.84. The van der Waals surface area contributed by atoms with Gasteiger partial charge in [0.05, 0.1) is 52.9 Å². The summed E-state index contributed by atoms with van der Waals surface area (Å²) in [5, 5.41) is 22.8. The van der Waals surface area contributed by atoms with Gasteiger partial charge in [0.15, 0.2) is 11.5 Å². The van der Waals surface area contributed by atoms with E-state index >= 15 is 0 Å². The zero-order chi connectivity index (χ0) is 37.0. The predicted octanol–water partition coefficient (Wildman–Crippen LogP) is 6.75. The van der Waals surface area contributed by atoms with Crippen molar-refractivity contribution < 1.29 is 4.52 Å². The highest BCUT2D eigenvalue weighted by molar-refractivity contribution is 6.17. The summed E-state index contributed by atoms with van der Waals surface area (Å²) in [6, 6.07) is 21.1. The third-order valence-electron chi connectivity index (χ3n) is 9.87. The molecule has 2 N–H and O–H groups in total. The molecule has 264 valence electrons. The topological polar surface area (TPSA) is 199 Å². The van der Waals surface area contributed by atoms with Gasteiger partial charge in [-0.3, -0.25) is 20.1 Å². The molecule has 0 aliphatic heterocycles. The van der Waals surface area contributed by atoms with E-state index in [1.165, 1.54) is 0 Å². The van der Waals surface area contributed by atoms with E-state index in [2.05, 4.69) is 30.3 Å². The Hall–Kier alpha value is -8.20. The Kier molecular flexibility index (Phi) is 7.13. The minimum absolute atomic E-state index is 0.435. The van der Waals surface area contributed by atoms with E-state index in [0.29, 0.717) is 73.5 Å². The normalized spacial score (nSPS) is 13.8. The van der Waals surface area contributed by atoms with Crippen molar-refractivity contribution in [3.8, 4) is 45.2 Å². The van der Waals surface area contributed by atoms with Crippen LogP contribution in [0.1, 0.15) is 34.3 Å². The number of pyridine rings is 1. The van der Waals surface area contributed by atoms with Gasteiger partial charge in [0, 0.05) is 87.6 Å². The van der Waals surface area contributed by atoms with Crippen molar-refractivity contribution in [2.24, 2.45) is 0 Å². The molecule has 1 atom stereocenters. The van der Waals surface area contributed by atoms with Gasteiger partial charge in [0.2, 0.25) is 0 Å². The Morgan fingerprint density at radius 1 is 0.607 bits per heavy atom. The van der Waals surface area contributed by atoms with E-state index in [-0.39, 0.29) is 0 Å². The molecule has 2 aromatic carbocycles. The SMILES string of the molecule is c1ccc(-c2c(-c3cccnn3)c(-c3ncccn3)c3c(c2-c2ccon2)C(c2ncc4[nH]cnc4n2)C(c2n[nH]c4ccccc24)=C3c2cnccn2)nc1. The maximum atomic E-state index is 5.61. The number of benzene rings is 2. The number of aromatic nitrogens is 14. The Morgan fingerprint density at radius 3 is 2.29 bits per heavy atom. The molecule has 0 saturated carbocycles. The molecule has 8 heterocycles. The zero-order valence-corrected chi connectivity index (χ0v) is 29.0. The molecule has 1 aliphatic carbocycles. The molecule has 11 rings (SSSR count). The largest absolute Gasteiger partial charge is 0.364 e. The van der Waals surface area contributed by atoms with Crippen molar-refractivity contribution in [1.29, 1.82) is 0 Å². The smallest absolute Gasteiger partial charge is 0.180 e. The highest BCUT2D eigenvalue weighted by Crippen LogP contribution is 2.61. The van der Waals surface area contributed by atoms with Crippen molar-refractivity contribution in [1.82, 2.24) is 70.4 Å². The summed E-state index contributed by atoms with van der Waals surface area (Å²) in [5.74, 6) is 0.211. The second-order valence-corrected chi connectivity index (χ2v) is 12.9. The fraction of sp³-hybridized carbons (Fsp3) is 0.0244. The molecule has 0 radical (unpaired) electrons. The third-order valence-corrected chi connectivity index (χ3v) is 9.87. The maximum absolute atomic E-state index is 5.61. The van der Waals surface area contributed by atoms with Gasteiger partial charge < -0.3 is 9.51 Å². The minimum Gasteiger partial charge on any atom is -0.364 e. The van der Waals surface area contributed by atoms with Gasteiger partial charge in [-0.05, 0) is 42.0 Å². The zero-order valence-electron chi connectivity index (χ0n) is 29.0. The van der Waals surface area contributed by atoms with Crippen molar-refractivity contribution in [2.75, 3.05) is 0 Å². The van der Waals surface area contributed by atoms with E-state index in [9.17, 15) is 0 Å². The number of H-pyrrole nitrogens is 2. The number of nitrogens with zero attached hydrogens (tertiary/aromatic N) is 12. The van der Waals surface area contributed by atoms with E-state index < -0.39 is 5.92 Å². The molecule has 8 aromatic heterocycles. The number of nitrogens with one attached hydrogen (secondary N) is 2. The fourth-order valence-electron chi connectivity index (χ4n) is 7.72. The molecule has 0 fully saturated rings. The summed E-state index contributed by atoms with van der Waals surface area (Å²) in [6.45, 7) is 0. The number of fused-ring (bicyclic) bond motifs is 3. The molecule has 0 amide bonds. The average molecular weight is 729 g/mol. The van der Waals surface area contributed by atoms with E-state index in [4.69, 9.17) is 44.6 Å². The minimum atomic E-state index is -0.692. The summed E-state index contributed by atoms with van der Waals surface area (Å²) in [6.07, 6.45) is 16.8. The second kappa shape index (κ2) is 12.7. The molecule has 0 bridgehead atoms. The van der Waals surface area contributed by atoms with Crippen LogP contribution < -0.4 is 0 Å². The molecular formula is C41H24N14O. The first-order valence-electron chi connectivity index (χ1n) is 17.6. The Morgan fingerprint density at radius 2 is 1.46 bits per heavy atom. The highest BCUT2D eigenvalue weighted by atomic mass is 16.5. The first kappa shape index (κ1) is 31.3. The molecule has 15 heteroatoms. The van der Waals surface area contributed by atoms with Crippen molar-refractivity contribution in [2.45, 2.75) is 5.92 Å². The lowest BCUT2D eigenvalue weighted by Gasteiger charge is -2.25. The number of rotatable bonds is 7. The Bertz CT molecular complexity index is 3080. The van der Waals surface area contributed by atoms with Crippen LogP contribution in [0.15, 0.2) is 133 Å². The van der Waals surface area contributed by atoms with Gasteiger partial charge in [-0.25, -0.2) is 24.9 Å². The maximum Gasteiger partial charge on any atom is 0.180 e. The van der Waals surface area contributed by atoms with Crippen molar-refractivity contribution >= 4 is 33.2 Å². The molecular weight excluding hydrogens is 705 g/mol. The van der Waals surface area contributed by atoms with Gasteiger partial charge in [-0.15, -0.1) is 0 Å². The van der Waals surface area contributed by atoms with Crippen LogP contribution in [0.3, 0.4) is 0 Å². The van der Waals surface area contributed by atoms with Gasteiger partial charge in [0.1, 0.15) is 23.3 Å². The summed E-state index contributed by atoms with van der Waals surface area (Å²) in [4.78, 5) is 42.1. The summed E-state index contributed by atoms with van der Waals surface area (Å²) in [7, 11) is 0. The Labute approximate surface area is 315 Å². The lowest BCUT2D eigenvalue weighted by molar-refractivity contribution is 0.422. The fourth-order valence-corrected chi connectivity index (χ4v) is 7.72. The van der Waals surface area contributed by atoms with Crippen LogP contribution in [-0.2, 0) is 0 Å². The standard InChI is InChI=1S/C41H24N14O/c1-2-8-23-22(7-1)38(54-53-23)35-32(27-19-42-16-17-44-27)34-33(37(35)41-47-20-28-39(51-41)49-21-48-28)31(26-11-18-56-55-26)29(24-9-3-4-12-43-24)30(25-10-5-15-50-52-25)36(34)40-45-13-6-14-46-40/h1-21,37H,(H,53,54)(H,47,48,49,51). The number of imidazole rings is 1. The molecule has 56 heavy (non-hydrogen) atoms. The van der Waals surface area contributed by atoms with Gasteiger partial charge in [0.25, 0.3) is 0 Å². The molecule has 1 aliphatic rings. The molecule has 1 unspecified atom stereocenters. The van der Waals surface area contributed by atoms with Gasteiger partial charge in [-0.1, -0.05) is 29.4 Å². The Balaban J connectivity index is 1.43. The number of hydrogen-bond acceptors (Lipinski definition) is 13. The highest BCUT2D eigenvalue weighted by Gasteiger charge is 2.45. The molecule has 0 spiro atoms.